The van der Waals surface area contributed by atoms with E-state index in [-0.39, 0.29) is 0 Å². The minimum atomic E-state index is 0.754. The minimum Gasteiger partial charge on any atom is -0.314 e. The Morgan fingerprint density at radius 2 is 2.24 bits per heavy atom. The van der Waals surface area contributed by atoms with Crippen molar-refractivity contribution < 1.29 is 0 Å². The summed E-state index contributed by atoms with van der Waals surface area (Å²) >= 11 is 0. The van der Waals surface area contributed by atoms with Gasteiger partial charge in [-0.25, -0.2) is 0 Å². The Balaban J connectivity index is 1.63. The van der Waals surface area contributed by atoms with Crippen molar-refractivity contribution in [2.45, 2.75) is 58.0 Å². The molecule has 1 aliphatic carbocycles. The first-order valence-electron chi connectivity index (χ1n) is 6.97. The average Bonchev–Trinajstić information content (AvgIpc) is 2.88. The number of rotatable bonds is 6. The number of aromatic nitrogens is 3. The Bertz CT molecular complexity index is 296. The van der Waals surface area contributed by atoms with Gasteiger partial charge in [0, 0.05) is 18.8 Å². The summed E-state index contributed by atoms with van der Waals surface area (Å²) in [5, 5.41) is 11.5. The molecule has 1 aromatic heterocycles. The summed E-state index contributed by atoms with van der Waals surface area (Å²) in [5.41, 5.74) is 0. The maximum Gasteiger partial charge on any atom is 0.0692 e. The van der Waals surface area contributed by atoms with Gasteiger partial charge in [-0.05, 0) is 31.7 Å². The first-order valence-corrected chi connectivity index (χ1v) is 6.97. The Hall–Kier alpha value is -0.900. The molecular weight excluding hydrogens is 212 g/mol. The van der Waals surface area contributed by atoms with Gasteiger partial charge in [0.2, 0.25) is 0 Å². The molecule has 0 saturated heterocycles. The second-order valence-electron chi connectivity index (χ2n) is 5.03. The first kappa shape index (κ1) is 12.6. The lowest BCUT2D eigenvalue weighted by Crippen LogP contribution is -2.39. The highest BCUT2D eigenvalue weighted by atomic mass is 15.4. The number of nitrogens with one attached hydrogen (secondary N) is 1. The smallest absolute Gasteiger partial charge is 0.0692 e. The van der Waals surface area contributed by atoms with E-state index in [9.17, 15) is 0 Å². The molecule has 1 saturated carbocycles. The van der Waals surface area contributed by atoms with Crippen LogP contribution in [0.15, 0.2) is 12.4 Å². The first-order chi connectivity index (χ1) is 8.40. The number of hydrogen-bond acceptors (Lipinski definition) is 3. The van der Waals surface area contributed by atoms with Crippen LogP contribution in [-0.2, 0) is 6.54 Å². The molecule has 2 rings (SSSR count). The quantitative estimate of drug-likeness (QED) is 0.770. The van der Waals surface area contributed by atoms with Crippen molar-refractivity contribution in [3.63, 3.8) is 0 Å². The molecule has 1 aliphatic rings. The summed E-state index contributed by atoms with van der Waals surface area (Å²) < 4.78 is 1.90. The van der Waals surface area contributed by atoms with Crippen molar-refractivity contribution in [3.8, 4) is 0 Å². The molecule has 2 atom stereocenters. The summed E-state index contributed by atoms with van der Waals surface area (Å²) in [6, 6.07) is 0.754. The zero-order chi connectivity index (χ0) is 11.9. The van der Waals surface area contributed by atoms with Gasteiger partial charge in [0.15, 0.2) is 0 Å². The molecule has 0 aliphatic heterocycles. The minimum absolute atomic E-state index is 0.754. The second-order valence-corrected chi connectivity index (χ2v) is 5.03. The largest absolute Gasteiger partial charge is 0.314 e. The molecule has 96 valence electrons. The SMILES string of the molecule is CCC1CCCCC1NCCCn1ccnn1. The van der Waals surface area contributed by atoms with Crippen LogP contribution < -0.4 is 5.32 Å². The molecular formula is C13H24N4. The summed E-state index contributed by atoms with van der Waals surface area (Å²) in [5.74, 6) is 0.898. The molecule has 1 fully saturated rings. The van der Waals surface area contributed by atoms with Crippen LogP contribution >= 0.6 is 0 Å². The van der Waals surface area contributed by atoms with E-state index in [1.54, 1.807) is 6.20 Å². The Kier molecular flexibility index (Phi) is 4.98. The molecule has 1 N–H and O–H groups in total. The van der Waals surface area contributed by atoms with Crippen LogP contribution in [0, 0.1) is 5.92 Å². The maximum atomic E-state index is 3.97. The maximum absolute atomic E-state index is 3.97. The monoisotopic (exact) mass is 236 g/mol. The lowest BCUT2D eigenvalue weighted by atomic mass is 9.83. The highest BCUT2D eigenvalue weighted by molar-refractivity contribution is 4.80. The van der Waals surface area contributed by atoms with Crippen LogP contribution in [-0.4, -0.2) is 27.6 Å². The highest BCUT2D eigenvalue weighted by Gasteiger charge is 2.22. The van der Waals surface area contributed by atoms with E-state index < -0.39 is 0 Å². The van der Waals surface area contributed by atoms with Crippen LogP contribution in [0.25, 0.3) is 0 Å². The van der Waals surface area contributed by atoms with Crippen molar-refractivity contribution in [2.24, 2.45) is 5.92 Å². The van der Waals surface area contributed by atoms with Gasteiger partial charge in [0.05, 0.1) is 6.20 Å². The van der Waals surface area contributed by atoms with Crippen molar-refractivity contribution >= 4 is 0 Å². The van der Waals surface area contributed by atoms with E-state index in [4.69, 9.17) is 0 Å². The van der Waals surface area contributed by atoms with Crippen molar-refractivity contribution in [3.05, 3.63) is 12.4 Å². The van der Waals surface area contributed by atoms with E-state index >= 15 is 0 Å². The fraction of sp³-hybridized carbons (Fsp3) is 0.846. The van der Waals surface area contributed by atoms with E-state index in [2.05, 4.69) is 22.6 Å². The molecule has 0 aromatic carbocycles. The summed E-state index contributed by atoms with van der Waals surface area (Å²) in [7, 11) is 0. The molecule has 17 heavy (non-hydrogen) atoms. The molecule has 4 heteroatoms. The lowest BCUT2D eigenvalue weighted by molar-refractivity contribution is 0.254. The zero-order valence-electron chi connectivity index (χ0n) is 10.8. The Morgan fingerprint density at radius 3 is 3.00 bits per heavy atom. The molecule has 1 aromatic rings. The number of aryl methyl sites for hydroxylation is 1. The van der Waals surface area contributed by atoms with Gasteiger partial charge in [-0.1, -0.05) is 31.4 Å². The topological polar surface area (TPSA) is 42.7 Å². The molecule has 1 heterocycles. The fourth-order valence-corrected chi connectivity index (χ4v) is 2.85. The van der Waals surface area contributed by atoms with Crippen molar-refractivity contribution in [1.29, 1.82) is 0 Å². The van der Waals surface area contributed by atoms with Crippen LogP contribution in [0.3, 0.4) is 0 Å². The molecule has 0 spiro atoms. The van der Waals surface area contributed by atoms with E-state index in [1.165, 1.54) is 32.1 Å². The van der Waals surface area contributed by atoms with E-state index in [0.29, 0.717) is 0 Å². The Labute approximate surface area is 104 Å². The van der Waals surface area contributed by atoms with Gasteiger partial charge in [0.25, 0.3) is 0 Å². The third kappa shape index (κ3) is 3.80. The normalized spacial score (nSPS) is 25.0. The molecule has 4 nitrogen and oxygen atoms in total. The summed E-state index contributed by atoms with van der Waals surface area (Å²) in [6.07, 6.45) is 11.7. The van der Waals surface area contributed by atoms with Crippen LogP contribution in [0.2, 0.25) is 0 Å². The predicted octanol–water partition coefficient (Wildman–Crippen LogP) is 2.23. The van der Waals surface area contributed by atoms with Crippen LogP contribution in [0.4, 0.5) is 0 Å². The molecule has 0 radical (unpaired) electrons. The van der Waals surface area contributed by atoms with Gasteiger partial charge in [0.1, 0.15) is 0 Å². The standard InChI is InChI=1S/C13H24N4/c1-2-12-6-3-4-7-13(12)14-8-5-10-17-11-9-15-16-17/h9,11-14H,2-8,10H2,1H3. The highest BCUT2D eigenvalue weighted by Crippen LogP contribution is 2.26. The van der Waals surface area contributed by atoms with Gasteiger partial charge >= 0.3 is 0 Å². The van der Waals surface area contributed by atoms with Crippen LogP contribution in [0.5, 0.6) is 0 Å². The fourth-order valence-electron chi connectivity index (χ4n) is 2.85. The van der Waals surface area contributed by atoms with Gasteiger partial charge in [-0.2, -0.15) is 0 Å². The van der Waals surface area contributed by atoms with Crippen LogP contribution in [0.1, 0.15) is 45.4 Å². The van der Waals surface area contributed by atoms with Gasteiger partial charge < -0.3 is 5.32 Å². The van der Waals surface area contributed by atoms with Crippen molar-refractivity contribution in [2.75, 3.05) is 6.54 Å². The predicted molar refractivity (Wildman–Crippen MR) is 68.7 cm³/mol. The zero-order valence-corrected chi connectivity index (χ0v) is 10.8. The summed E-state index contributed by atoms with van der Waals surface area (Å²) in [6.45, 7) is 4.39. The lowest BCUT2D eigenvalue weighted by Gasteiger charge is -2.31. The molecule has 0 bridgehead atoms. The third-order valence-electron chi connectivity index (χ3n) is 3.88. The average molecular weight is 236 g/mol. The number of nitrogens with zero attached hydrogens (tertiary/aromatic N) is 3. The van der Waals surface area contributed by atoms with Gasteiger partial charge in [-0.3, -0.25) is 4.68 Å². The molecule has 2 unspecified atom stereocenters. The number of hydrogen-bond donors (Lipinski definition) is 1. The van der Waals surface area contributed by atoms with Gasteiger partial charge in [-0.15, -0.1) is 5.10 Å². The Morgan fingerprint density at radius 1 is 1.35 bits per heavy atom. The second kappa shape index (κ2) is 6.74. The van der Waals surface area contributed by atoms with Crippen molar-refractivity contribution in [1.82, 2.24) is 20.3 Å². The van der Waals surface area contributed by atoms with E-state index in [1.807, 2.05) is 10.9 Å². The summed E-state index contributed by atoms with van der Waals surface area (Å²) in [4.78, 5) is 0. The molecule has 0 amide bonds. The van der Waals surface area contributed by atoms with E-state index in [0.717, 1.165) is 31.5 Å². The third-order valence-corrected chi connectivity index (χ3v) is 3.88.